The molecule has 27 heavy (non-hydrogen) atoms. The van der Waals surface area contributed by atoms with Crippen LogP contribution >= 0.6 is 12.2 Å². The maximum Gasteiger partial charge on any atom is 0.191 e. The molecule has 0 aliphatic carbocycles. The van der Waals surface area contributed by atoms with Crippen molar-refractivity contribution >= 4 is 28.7 Å². The third-order valence-electron chi connectivity index (χ3n) is 4.46. The van der Waals surface area contributed by atoms with Gasteiger partial charge in [0.2, 0.25) is 0 Å². The molecule has 3 rings (SSSR count). The molecule has 1 aliphatic rings. The van der Waals surface area contributed by atoms with Crippen molar-refractivity contribution in [2.75, 3.05) is 5.32 Å². The van der Waals surface area contributed by atoms with Gasteiger partial charge in [-0.05, 0) is 76.2 Å². The number of rotatable bonds is 2. The maximum atomic E-state index is 9.82. The second-order valence-corrected chi connectivity index (χ2v) is 8.03. The number of thiocarbonyl (C=S) groups is 1. The van der Waals surface area contributed by atoms with E-state index in [1.165, 1.54) is 5.56 Å². The molecular formula is C21H25N3O2S. The predicted molar refractivity (Wildman–Crippen MR) is 114 cm³/mol. The summed E-state index contributed by atoms with van der Waals surface area (Å²) >= 11 is 5.43. The van der Waals surface area contributed by atoms with Crippen molar-refractivity contribution in [3.8, 4) is 11.5 Å². The Morgan fingerprint density at radius 1 is 1.15 bits per heavy atom. The standard InChI is InChI=1S/C21H25N3O2S/c1-12-8-13(2)19(14(3)9-12)22-20(27)24-23-17-11-21(4,5)26-18-7-6-15(25)10-16(17)18/h6-10,25H,11H2,1-5H3,(H2,22,24,27)/b23-17-. The van der Waals surface area contributed by atoms with E-state index in [-0.39, 0.29) is 11.4 Å². The first-order chi connectivity index (χ1) is 12.6. The van der Waals surface area contributed by atoms with Crippen molar-refractivity contribution in [2.45, 2.75) is 46.6 Å². The number of hydrogen-bond acceptors (Lipinski definition) is 4. The lowest BCUT2D eigenvalue weighted by molar-refractivity contribution is 0.111. The van der Waals surface area contributed by atoms with E-state index in [1.807, 2.05) is 13.8 Å². The van der Waals surface area contributed by atoms with Crippen LogP contribution in [-0.4, -0.2) is 21.5 Å². The first kappa shape index (κ1) is 19.2. The molecule has 0 fully saturated rings. The van der Waals surface area contributed by atoms with E-state index in [9.17, 15) is 5.11 Å². The molecule has 0 bridgehead atoms. The summed E-state index contributed by atoms with van der Waals surface area (Å²) in [5.41, 5.74) is 8.59. The van der Waals surface area contributed by atoms with Gasteiger partial charge < -0.3 is 15.2 Å². The van der Waals surface area contributed by atoms with Gasteiger partial charge in [0.25, 0.3) is 0 Å². The third-order valence-corrected chi connectivity index (χ3v) is 4.65. The molecule has 0 atom stereocenters. The van der Waals surface area contributed by atoms with Crippen LogP contribution in [0, 0.1) is 20.8 Å². The molecule has 2 aromatic carbocycles. The van der Waals surface area contributed by atoms with Gasteiger partial charge in [-0.25, -0.2) is 0 Å². The molecule has 0 aromatic heterocycles. The highest BCUT2D eigenvalue weighted by molar-refractivity contribution is 7.80. The maximum absolute atomic E-state index is 9.82. The first-order valence-electron chi connectivity index (χ1n) is 8.88. The van der Waals surface area contributed by atoms with Gasteiger partial charge in [0.1, 0.15) is 17.1 Å². The summed E-state index contributed by atoms with van der Waals surface area (Å²) in [5.74, 6) is 0.880. The minimum Gasteiger partial charge on any atom is -0.508 e. The third kappa shape index (κ3) is 4.39. The average Bonchev–Trinajstić information content (AvgIpc) is 2.56. The smallest absolute Gasteiger partial charge is 0.191 e. The number of benzene rings is 2. The minimum atomic E-state index is -0.385. The lowest BCUT2D eigenvalue weighted by Gasteiger charge is -2.33. The van der Waals surface area contributed by atoms with Crippen molar-refractivity contribution in [1.82, 2.24) is 5.43 Å². The largest absolute Gasteiger partial charge is 0.508 e. The van der Waals surface area contributed by atoms with Gasteiger partial charge in [-0.3, -0.25) is 5.43 Å². The van der Waals surface area contributed by atoms with Crippen LogP contribution in [0.4, 0.5) is 5.69 Å². The van der Waals surface area contributed by atoms with E-state index in [2.05, 4.69) is 48.7 Å². The second-order valence-electron chi connectivity index (χ2n) is 7.62. The zero-order valence-electron chi connectivity index (χ0n) is 16.3. The Bertz CT molecular complexity index is 912. The van der Waals surface area contributed by atoms with Crippen molar-refractivity contribution in [1.29, 1.82) is 0 Å². The number of hydrogen-bond donors (Lipinski definition) is 3. The molecule has 3 N–H and O–H groups in total. The zero-order valence-corrected chi connectivity index (χ0v) is 17.1. The number of phenols is 1. The van der Waals surface area contributed by atoms with Gasteiger partial charge in [0, 0.05) is 17.7 Å². The summed E-state index contributed by atoms with van der Waals surface area (Å²) in [5, 5.41) is 18.0. The molecule has 1 heterocycles. The van der Waals surface area contributed by atoms with E-state index in [0.29, 0.717) is 17.3 Å². The first-order valence-corrected chi connectivity index (χ1v) is 9.29. The summed E-state index contributed by atoms with van der Waals surface area (Å²) < 4.78 is 5.98. The number of ether oxygens (including phenoxy) is 1. The Labute approximate surface area is 165 Å². The van der Waals surface area contributed by atoms with Gasteiger partial charge in [-0.2, -0.15) is 5.10 Å². The van der Waals surface area contributed by atoms with E-state index in [4.69, 9.17) is 17.0 Å². The summed E-state index contributed by atoms with van der Waals surface area (Å²) in [7, 11) is 0. The molecule has 0 amide bonds. The molecule has 6 heteroatoms. The van der Waals surface area contributed by atoms with Crippen molar-refractivity contribution in [3.05, 3.63) is 52.6 Å². The van der Waals surface area contributed by atoms with Crippen molar-refractivity contribution < 1.29 is 9.84 Å². The number of phenolic OH excluding ortho intramolecular Hbond substituents is 1. The van der Waals surface area contributed by atoms with Crippen LogP contribution in [0.1, 0.15) is 42.5 Å². The number of nitrogens with one attached hydrogen (secondary N) is 2. The van der Waals surface area contributed by atoms with Crippen LogP contribution in [0.5, 0.6) is 11.5 Å². The molecule has 0 radical (unpaired) electrons. The average molecular weight is 384 g/mol. The van der Waals surface area contributed by atoms with Crippen LogP contribution < -0.4 is 15.5 Å². The Balaban J connectivity index is 1.82. The molecular weight excluding hydrogens is 358 g/mol. The Morgan fingerprint density at radius 2 is 1.81 bits per heavy atom. The molecule has 1 aliphatic heterocycles. The fourth-order valence-electron chi connectivity index (χ4n) is 3.40. The number of aromatic hydroxyl groups is 1. The van der Waals surface area contributed by atoms with Crippen molar-refractivity contribution in [3.63, 3.8) is 0 Å². The SMILES string of the molecule is Cc1cc(C)c(NC(=S)N/N=C2/CC(C)(C)Oc3ccc(O)cc32)c(C)c1. The van der Waals surface area contributed by atoms with Crippen LogP contribution in [0.25, 0.3) is 0 Å². The van der Waals surface area contributed by atoms with Gasteiger partial charge in [0.05, 0.1) is 5.71 Å². The Hall–Kier alpha value is -2.60. The number of nitrogens with zero attached hydrogens (tertiary/aromatic N) is 1. The summed E-state index contributed by atoms with van der Waals surface area (Å²) in [6.45, 7) is 10.2. The van der Waals surface area contributed by atoms with Gasteiger partial charge >= 0.3 is 0 Å². The number of aryl methyl sites for hydroxylation is 3. The van der Waals surface area contributed by atoms with E-state index in [0.717, 1.165) is 28.1 Å². The lowest BCUT2D eigenvalue weighted by atomic mass is 9.92. The van der Waals surface area contributed by atoms with Crippen LogP contribution in [0.2, 0.25) is 0 Å². The van der Waals surface area contributed by atoms with Gasteiger partial charge in [-0.1, -0.05) is 17.7 Å². The Kier molecular flexibility index (Phi) is 5.11. The fourth-order valence-corrected chi connectivity index (χ4v) is 3.55. The number of fused-ring (bicyclic) bond motifs is 1. The summed E-state index contributed by atoms with van der Waals surface area (Å²) in [6, 6.07) is 9.26. The van der Waals surface area contributed by atoms with E-state index < -0.39 is 0 Å². The number of hydrazone groups is 1. The van der Waals surface area contributed by atoms with Crippen LogP contribution in [0.3, 0.4) is 0 Å². The highest BCUT2D eigenvalue weighted by Crippen LogP contribution is 2.35. The van der Waals surface area contributed by atoms with Crippen molar-refractivity contribution in [2.24, 2.45) is 5.10 Å². The molecule has 5 nitrogen and oxygen atoms in total. The monoisotopic (exact) mass is 383 g/mol. The summed E-state index contributed by atoms with van der Waals surface area (Å²) in [6.07, 6.45) is 0.599. The highest BCUT2D eigenvalue weighted by atomic mass is 32.1. The van der Waals surface area contributed by atoms with Gasteiger partial charge in [-0.15, -0.1) is 0 Å². The normalized spacial score (nSPS) is 16.4. The summed E-state index contributed by atoms with van der Waals surface area (Å²) in [4.78, 5) is 0. The molecule has 0 saturated carbocycles. The molecule has 142 valence electrons. The quantitative estimate of drug-likeness (QED) is 0.524. The highest BCUT2D eigenvalue weighted by Gasteiger charge is 2.31. The van der Waals surface area contributed by atoms with E-state index >= 15 is 0 Å². The lowest BCUT2D eigenvalue weighted by Crippen LogP contribution is -2.37. The molecule has 0 spiro atoms. The number of anilines is 1. The Morgan fingerprint density at radius 3 is 2.48 bits per heavy atom. The zero-order chi connectivity index (χ0) is 19.8. The topological polar surface area (TPSA) is 65.9 Å². The van der Waals surface area contributed by atoms with E-state index in [1.54, 1.807) is 18.2 Å². The molecule has 2 aromatic rings. The van der Waals surface area contributed by atoms with Crippen LogP contribution in [-0.2, 0) is 0 Å². The van der Waals surface area contributed by atoms with Crippen LogP contribution in [0.15, 0.2) is 35.4 Å². The fraction of sp³-hybridized carbons (Fsp3) is 0.333. The molecule has 0 unspecified atom stereocenters. The minimum absolute atomic E-state index is 0.177. The molecule has 0 saturated heterocycles. The van der Waals surface area contributed by atoms with Gasteiger partial charge in [0.15, 0.2) is 5.11 Å². The predicted octanol–water partition coefficient (Wildman–Crippen LogP) is 4.57. The second kappa shape index (κ2) is 7.19.